The van der Waals surface area contributed by atoms with Crippen LogP contribution in [0.3, 0.4) is 0 Å². The van der Waals surface area contributed by atoms with Crippen LogP contribution >= 0.6 is 0 Å². The Morgan fingerprint density at radius 3 is 2.64 bits per heavy atom. The van der Waals surface area contributed by atoms with E-state index in [1.165, 1.54) is 4.31 Å². The van der Waals surface area contributed by atoms with E-state index in [1.54, 1.807) is 30.0 Å². The normalized spacial score (nSPS) is 16.5. The lowest BCUT2D eigenvalue weighted by Crippen LogP contribution is -2.50. The minimum atomic E-state index is -3.60. The van der Waals surface area contributed by atoms with Crippen LogP contribution in [0.4, 0.5) is 0 Å². The van der Waals surface area contributed by atoms with Crippen molar-refractivity contribution in [3.8, 4) is 0 Å². The number of sulfonamides is 1. The third-order valence-corrected chi connectivity index (χ3v) is 6.33. The number of piperazine rings is 1. The number of rotatable bonds is 5. The number of carbonyl (C=O) groups excluding carboxylic acids is 1. The smallest absolute Gasteiger partial charge is 0.243 e. The molecule has 0 radical (unpaired) electrons. The molecule has 7 nitrogen and oxygen atoms in total. The zero-order valence-electron chi connectivity index (χ0n) is 14.6. The van der Waals surface area contributed by atoms with E-state index in [1.807, 2.05) is 6.92 Å². The zero-order chi connectivity index (χ0) is 18.0. The summed E-state index contributed by atoms with van der Waals surface area (Å²) in [6.07, 6.45) is 2.38. The van der Waals surface area contributed by atoms with Crippen molar-refractivity contribution in [2.75, 3.05) is 26.2 Å². The van der Waals surface area contributed by atoms with Crippen molar-refractivity contribution in [1.82, 2.24) is 14.2 Å². The van der Waals surface area contributed by atoms with Gasteiger partial charge in [0, 0.05) is 39.5 Å². The van der Waals surface area contributed by atoms with E-state index in [0.29, 0.717) is 49.6 Å². The molecule has 0 N–H and O–H groups in total. The van der Waals surface area contributed by atoms with E-state index in [2.05, 4.69) is 4.98 Å². The molecule has 0 unspecified atom stereocenters. The summed E-state index contributed by atoms with van der Waals surface area (Å²) in [4.78, 5) is 18.2. The summed E-state index contributed by atoms with van der Waals surface area (Å²) in [5, 5.41) is 0. The van der Waals surface area contributed by atoms with E-state index >= 15 is 0 Å². The monoisotopic (exact) mass is 365 g/mol. The predicted molar refractivity (Wildman–Crippen MR) is 93.6 cm³/mol. The van der Waals surface area contributed by atoms with Crippen molar-refractivity contribution in [1.29, 1.82) is 0 Å². The summed E-state index contributed by atoms with van der Waals surface area (Å²) in [6.45, 7) is 5.28. The van der Waals surface area contributed by atoms with Gasteiger partial charge < -0.3 is 9.32 Å². The van der Waals surface area contributed by atoms with E-state index < -0.39 is 10.0 Å². The van der Waals surface area contributed by atoms with Crippen molar-refractivity contribution in [3.63, 3.8) is 0 Å². The third kappa shape index (κ3) is 3.69. The Hall–Kier alpha value is -1.93. The van der Waals surface area contributed by atoms with Gasteiger partial charge >= 0.3 is 0 Å². The summed E-state index contributed by atoms with van der Waals surface area (Å²) < 4.78 is 32.5. The fourth-order valence-electron chi connectivity index (χ4n) is 3.00. The lowest BCUT2D eigenvalue weighted by Gasteiger charge is -2.34. The number of carbonyl (C=O) groups is 1. The first-order chi connectivity index (χ1) is 11.9. The number of amides is 1. The van der Waals surface area contributed by atoms with Gasteiger partial charge in [0.1, 0.15) is 5.52 Å². The highest BCUT2D eigenvalue weighted by Gasteiger charge is 2.30. The van der Waals surface area contributed by atoms with Gasteiger partial charge in [-0.2, -0.15) is 4.31 Å². The molecular weight excluding hydrogens is 342 g/mol. The fourth-order valence-corrected chi connectivity index (χ4v) is 4.44. The summed E-state index contributed by atoms with van der Waals surface area (Å²) >= 11 is 0. The second kappa shape index (κ2) is 7.13. The number of oxazole rings is 1. The maximum atomic E-state index is 12.9. The Bertz CT molecular complexity index is 867. The SMILES string of the molecule is CCCCC(=O)N1CCN(S(=O)(=O)c2ccc3oc(C)nc3c2)CC1. The van der Waals surface area contributed by atoms with Gasteiger partial charge in [-0.05, 0) is 24.6 Å². The molecule has 1 fully saturated rings. The second-order valence-electron chi connectivity index (χ2n) is 6.25. The highest BCUT2D eigenvalue weighted by atomic mass is 32.2. The molecule has 0 bridgehead atoms. The first kappa shape index (κ1) is 17.9. The minimum Gasteiger partial charge on any atom is -0.441 e. The second-order valence-corrected chi connectivity index (χ2v) is 8.19. The van der Waals surface area contributed by atoms with Gasteiger partial charge in [0.2, 0.25) is 15.9 Å². The van der Waals surface area contributed by atoms with E-state index in [4.69, 9.17) is 4.42 Å². The largest absolute Gasteiger partial charge is 0.441 e. The van der Waals surface area contributed by atoms with Crippen LogP contribution in [-0.2, 0) is 14.8 Å². The Morgan fingerprint density at radius 2 is 1.96 bits per heavy atom. The minimum absolute atomic E-state index is 0.110. The van der Waals surface area contributed by atoms with Crippen LogP contribution < -0.4 is 0 Å². The Morgan fingerprint density at radius 1 is 1.24 bits per heavy atom. The van der Waals surface area contributed by atoms with Gasteiger partial charge in [-0.25, -0.2) is 13.4 Å². The molecule has 1 aromatic heterocycles. The molecule has 1 amide bonds. The molecule has 1 aliphatic rings. The Kier molecular flexibility index (Phi) is 5.10. The van der Waals surface area contributed by atoms with Gasteiger partial charge in [0.25, 0.3) is 0 Å². The number of benzene rings is 1. The van der Waals surface area contributed by atoms with Crippen molar-refractivity contribution >= 4 is 27.0 Å². The highest BCUT2D eigenvalue weighted by molar-refractivity contribution is 7.89. The average molecular weight is 365 g/mol. The van der Waals surface area contributed by atoms with Gasteiger partial charge in [0.05, 0.1) is 4.90 Å². The van der Waals surface area contributed by atoms with Gasteiger partial charge in [-0.15, -0.1) is 0 Å². The number of aryl methyl sites for hydroxylation is 1. The van der Waals surface area contributed by atoms with Crippen LogP contribution in [0.2, 0.25) is 0 Å². The third-order valence-electron chi connectivity index (χ3n) is 4.44. The molecule has 1 aromatic carbocycles. The molecule has 0 atom stereocenters. The zero-order valence-corrected chi connectivity index (χ0v) is 15.4. The lowest BCUT2D eigenvalue weighted by molar-refractivity contribution is -0.132. The van der Waals surface area contributed by atoms with Crippen LogP contribution in [-0.4, -0.2) is 54.7 Å². The molecular formula is C17H23N3O4S. The maximum absolute atomic E-state index is 12.9. The standard InChI is InChI=1S/C17H23N3O4S/c1-3-4-5-17(21)19-8-10-20(11-9-19)25(22,23)14-6-7-16-15(12-14)18-13(2)24-16/h6-7,12H,3-5,8-11H2,1-2H3. The van der Waals surface area contributed by atoms with E-state index in [9.17, 15) is 13.2 Å². The van der Waals surface area contributed by atoms with Crippen molar-refractivity contribution in [3.05, 3.63) is 24.1 Å². The highest BCUT2D eigenvalue weighted by Crippen LogP contribution is 2.23. The molecule has 0 saturated carbocycles. The van der Waals surface area contributed by atoms with Crippen LogP contribution in [0.1, 0.15) is 32.1 Å². The molecule has 1 aliphatic heterocycles. The molecule has 0 aliphatic carbocycles. The van der Waals surface area contributed by atoms with Crippen molar-refractivity contribution < 1.29 is 17.6 Å². The predicted octanol–water partition coefficient (Wildman–Crippen LogP) is 2.16. The molecule has 136 valence electrons. The number of nitrogens with zero attached hydrogens (tertiary/aromatic N) is 3. The molecule has 3 rings (SSSR count). The first-order valence-corrected chi connectivity index (χ1v) is 10.0. The van der Waals surface area contributed by atoms with Crippen LogP contribution in [0.15, 0.2) is 27.5 Å². The number of aromatic nitrogens is 1. The van der Waals surface area contributed by atoms with Gasteiger partial charge in [-0.1, -0.05) is 13.3 Å². The van der Waals surface area contributed by atoms with Crippen LogP contribution in [0.25, 0.3) is 11.1 Å². The Labute approximate surface area is 147 Å². The maximum Gasteiger partial charge on any atom is 0.243 e. The lowest BCUT2D eigenvalue weighted by atomic mass is 10.2. The van der Waals surface area contributed by atoms with Crippen molar-refractivity contribution in [2.24, 2.45) is 0 Å². The average Bonchev–Trinajstić information content (AvgIpc) is 2.98. The summed E-state index contributed by atoms with van der Waals surface area (Å²) in [6, 6.07) is 4.72. The van der Waals surface area contributed by atoms with E-state index in [0.717, 1.165) is 12.8 Å². The molecule has 0 spiro atoms. The number of hydrogen-bond donors (Lipinski definition) is 0. The Balaban J connectivity index is 1.71. The summed E-state index contributed by atoms with van der Waals surface area (Å²) in [5.74, 6) is 0.613. The molecule has 1 saturated heterocycles. The van der Waals surface area contributed by atoms with E-state index in [-0.39, 0.29) is 10.8 Å². The summed E-state index contributed by atoms with van der Waals surface area (Å²) in [5.41, 5.74) is 1.11. The molecule has 25 heavy (non-hydrogen) atoms. The first-order valence-electron chi connectivity index (χ1n) is 8.57. The molecule has 2 aromatic rings. The fraction of sp³-hybridized carbons (Fsp3) is 0.529. The van der Waals surface area contributed by atoms with Crippen LogP contribution in [0.5, 0.6) is 0 Å². The van der Waals surface area contributed by atoms with Gasteiger partial charge in [0.15, 0.2) is 11.5 Å². The molecule has 8 heteroatoms. The number of unbranched alkanes of at least 4 members (excludes halogenated alkanes) is 1. The van der Waals surface area contributed by atoms with Gasteiger partial charge in [-0.3, -0.25) is 4.79 Å². The number of fused-ring (bicyclic) bond motifs is 1. The summed E-state index contributed by atoms with van der Waals surface area (Å²) in [7, 11) is -3.60. The topological polar surface area (TPSA) is 83.7 Å². The quantitative estimate of drug-likeness (QED) is 0.811. The van der Waals surface area contributed by atoms with Crippen LogP contribution in [0, 0.1) is 6.92 Å². The molecule has 2 heterocycles. The number of hydrogen-bond acceptors (Lipinski definition) is 5. The van der Waals surface area contributed by atoms with Crippen molar-refractivity contribution in [2.45, 2.75) is 38.0 Å².